The lowest BCUT2D eigenvalue weighted by atomic mass is 10.0. The largest absolute Gasteiger partial charge is 0.394 e. The Morgan fingerprint density at radius 3 is 3.04 bits per heavy atom. The molecule has 4 rings (SSSR count). The van der Waals surface area contributed by atoms with Gasteiger partial charge in [-0.1, -0.05) is 6.07 Å². The smallest absolute Gasteiger partial charge is 0.254 e. The molecule has 2 aromatic heterocycles. The van der Waals surface area contributed by atoms with E-state index in [2.05, 4.69) is 9.97 Å². The van der Waals surface area contributed by atoms with Crippen molar-refractivity contribution < 1.29 is 9.90 Å². The molecule has 1 N–H and O–H groups in total. The zero-order chi connectivity index (χ0) is 16.7. The Morgan fingerprint density at radius 1 is 1.33 bits per heavy atom. The lowest BCUT2D eigenvalue weighted by molar-refractivity contribution is 0.0536. The number of aryl methyl sites for hydroxylation is 1. The molecule has 0 aliphatic carbocycles. The van der Waals surface area contributed by atoms with Crippen LogP contribution in [0.4, 0.5) is 0 Å². The van der Waals surface area contributed by atoms with Crippen LogP contribution in [-0.2, 0) is 20.0 Å². The molecule has 1 amide bonds. The minimum Gasteiger partial charge on any atom is -0.394 e. The minimum atomic E-state index is -0.231. The second-order valence-electron chi connectivity index (χ2n) is 6.13. The third-order valence-corrected chi connectivity index (χ3v) is 4.66. The average molecular weight is 322 g/mol. The molecule has 0 spiro atoms. The van der Waals surface area contributed by atoms with E-state index in [1.165, 1.54) is 0 Å². The Balaban J connectivity index is 1.69. The highest BCUT2D eigenvalue weighted by Gasteiger charge is 2.32. The van der Waals surface area contributed by atoms with Gasteiger partial charge in [0.2, 0.25) is 0 Å². The molecule has 0 unspecified atom stereocenters. The Labute approximate surface area is 139 Å². The molecule has 0 bridgehead atoms. The van der Waals surface area contributed by atoms with E-state index in [1.807, 2.05) is 35.9 Å². The number of carbonyl (C=O) groups excluding carboxylic acids is 1. The number of fused-ring (bicyclic) bond motifs is 2. The molecule has 1 aromatic carbocycles. The van der Waals surface area contributed by atoms with Gasteiger partial charge in [-0.15, -0.1) is 0 Å². The first-order chi connectivity index (χ1) is 11.7. The van der Waals surface area contributed by atoms with Gasteiger partial charge in [-0.05, 0) is 24.3 Å². The van der Waals surface area contributed by atoms with Crippen molar-refractivity contribution in [3.05, 3.63) is 59.8 Å². The Kier molecular flexibility index (Phi) is 3.54. The monoisotopic (exact) mass is 322 g/mol. The minimum absolute atomic E-state index is 0.0640. The van der Waals surface area contributed by atoms with Crippen LogP contribution in [0, 0.1) is 0 Å². The van der Waals surface area contributed by atoms with Gasteiger partial charge in [0.05, 0.1) is 36.7 Å². The first-order valence-corrected chi connectivity index (χ1v) is 7.93. The van der Waals surface area contributed by atoms with E-state index in [0.29, 0.717) is 18.5 Å². The fraction of sp³-hybridized carbons (Fsp3) is 0.278. The van der Waals surface area contributed by atoms with Gasteiger partial charge < -0.3 is 14.6 Å². The van der Waals surface area contributed by atoms with Gasteiger partial charge in [-0.2, -0.15) is 0 Å². The van der Waals surface area contributed by atoms with Crippen molar-refractivity contribution in [3.8, 4) is 0 Å². The van der Waals surface area contributed by atoms with Crippen molar-refractivity contribution in [1.29, 1.82) is 0 Å². The number of hydrogen-bond donors (Lipinski definition) is 1. The molecule has 6 nitrogen and oxygen atoms in total. The van der Waals surface area contributed by atoms with Crippen molar-refractivity contribution in [1.82, 2.24) is 19.4 Å². The van der Waals surface area contributed by atoms with E-state index in [4.69, 9.17) is 0 Å². The first-order valence-electron chi connectivity index (χ1n) is 7.93. The fourth-order valence-corrected chi connectivity index (χ4v) is 3.30. The molecule has 122 valence electrons. The third-order valence-electron chi connectivity index (χ3n) is 4.66. The predicted octanol–water partition coefficient (Wildman–Crippen LogP) is 1.53. The molecule has 1 aliphatic rings. The molecule has 3 heterocycles. The number of amides is 1. The maximum atomic E-state index is 13.0. The molecular weight excluding hydrogens is 304 g/mol. The highest BCUT2D eigenvalue weighted by atomic mass is 16.3. The van der Waals surface area contributed by atoms with Gasteiger partial charge in [-0.25, -0.2) is 4.98 Å². The van der Waals surface area contributed by atoms with Gasteiger partial charge >= 0.3 is 0 Å². The zero-order valence-corrected chi connectivity index (χ0v) is 13.4. The summed E-state index contributed by atoms with van der Waals surface area (Å²) in [6.45, 7) is 0.358. The number of pyridine rings is 1. The van der Waals surface area contributed by atoms with Gasteiger partial charge in [-0.3, -0.25) is 9.78 Å². The number of carbonyl (C=O) groups is 1. The van der Waals surface area contributed by atoms with Gasteiger partial charge in [0.15, 0.2) is 0 Å². The molecule has 3 aromatic rings. The third kappa shape index (κ3) is 2.35. The fourth-order valence-electron chi connectivity index (χ4n) is 3.30. The van der Waals surface area contributed by atoms with E-state index in [1.54, 1.807) is 23.5 Å². The van der Waals surface area contributed by atoms with Crippen molar-refractivity contribution >= 4 is 16.8 Å². The van der Waals surface area contributed by atoms with Crippen LogP contribution in [0.1, 0.15) is 21.7 Å². The molecule has 0 radical (unpaired) electrons. The number of hydrogen-bond acceptors (Lipinski definition) is 4. The average Bonchev–Trinajstić information content (AvgIpc) is 2.99. The number of rotatable bonds is 2. The lowest BCUT2D eigenvalue weighted by Crippen LogP contribution is -2.46. The topological polar surface area (TPSA) is 71.2 Å². The van der Waals surface area contributed by atoms with Gasteiger partial charge in [0.25, 0.3) is 5.91 Å². The van der Waals surface area contributed by atoms with Gasteiger partial charge in [0.1, 0.15) is 0 Å². The van der Waals surface area contributed by atoms with E-state index in [-0.39, 0.29) is 18.6 Å². The number of aliphatic hydroxyl groups is 1. The second-order valence-corrected chi connectivity index (χ2v) is 6.13. The van der Waals surface area contributed by atoms with E-state index < -0.39 is 0 Å². The molecule has 1 aliphatic heterocycles. The standard InChI is InChI=1S/C18H18N4O2/c1-21-11-20-16-9-22(14(10-23)8-17(16)21)18(24)13-4-5-15-12(7-13)3-2-6-19-15/h2-7,11,14,23H,8-10H2,1H3/t14-/m0/s1. The number of imidazole rings is 1. The van der Waals surface area contributed by atoms with E-state index >= 15 is 0 Å². The summed E-state index contributed by atoms with van der Waals surface area (Å²) in [5.74, 6) is -0.0869. The summed E-state index contributed by atoms with van der Waals surface area (Å²) in [7, 11) is 1.94. The highest BCUT2D eigenvalue weighted by molar-refractivity contribution is 5.98. The van der Waals surface area contributed by atoms with Gasteiger partial charge in [0, 0.05) is 36.3 Å². The lowest BCUT2D eigenvalue weighted by Gasteiger charge is -2.34. The molecular formula is C18H18N4O2. The first kappa shape index (κ1) is 14.8. The maximum Gasteiger partial charge on any atom is 0.254 e. The van der Waals surface area contributed by atoms with Crippen LogP contribution in [0.5, 0.6) is 0 Å². The zero-order valence-electron chi connectivity index (χ0n) is 13.4. The molecule has 6 heteroatoms. The van der Waals surface area contributed by atoms with Crippen molar-refractivity contribution in [3.63, 3.8) is 0 Å². The van der Waals surface area contributed by atoms with Crippen molar-refractivity contribution in [2.75, 3.05) is 6.61 Å². The van der Waals surface area contributed by atoms with Crippen molar-refractivity contribution in [2.24, 2.45) is 7.05 Å². The number of nitrogens with zero attached hydrogens (tertiary/aromatic N) is 4. The summed E-state index contributed by atoms with van der Waals surface area (Å²) in [6, 6.07) is 9.06. The second kappa shape index (κ2) is 5.72. The normalized spacial score (nSPS) is 17.1. The number of aliphatic hydroxyl groups excluding tert-OH is 1. The quantitative estimate of drug-likeness (QED) is 0.777. The number of aromatic nitrogens is 3. The molecule has 0 saturated heterocycles. The highest BCUT2D eigenvalue weighted by Crippen LogP contribution is 2.24. The summed E-state index contributed by atoms with van der Waals surface area (Å²) >= 11 is 0. The Bertz CT molecular complexity index is 918. The van der Waals surface area contributed by atoms with Crippen LogP contribution in [0.15, 0.2) is 42.9 Å². The van der Waals surface area contributed by atoms with Crippen LogP contribution in [0.3, 0.4) is 0 Å². The van der Waals surface area contributed by atoms with Crippen LogP contribution < -0.4 is 0 Å². The molecule has 0 saturated carbocycles. The summed E-state index contributed by atoms with van der Waals surface area (Å²) in [4.78, 5) is 23.4. The van der Waals surface area contributed by atoms with Crippen LogP contribution in [0.25, 0.3) is 10.9 Å². The summed E-state index contributed by atoms with van der Waals surface area (Å²) < 4.78 is 1.96. The van der Waals surface area contributed by atoms with Crippen LogP contribution in [-0.4, -0.2) is 43.1 Å². The van der Waals surface area contributed by atoms with Crippen LogP contribution >= 0.6 is 0 Å². The summed E-state index contributed by atoms with van der Waals surface area (Å²) in [5, 5.41) is 10.7. The van der Waals surface area contributed by atoms with E-state index in [0.717, 1.165) is 22.3 Å². The molecule has 1 atom stereocenters. The maximum absolute atomic E-state index is 13.0. The number of benzene rings is 1. The Hall–Kier alpha value is -2.73. The summed E-state index contributed by atoms with van der Waals surface area (Å²) in [5.41, 5.74) is 3.45. The van der Waals surface area contributed by atoms with Crippen LogP contribution in [0.2, 0.25) is 0 Å². The SMILES string of the molecule is Cn1cnc2c1C[C@@H](CO)N(C(=O)c1ccc3ncccc3c1)C2. The Morgan fingerprint density at radius 2 is 2.21 bits per heavy atom. The molecule has 0 fully saturated rings. The van der Waals surface area contributed by atoms with E-state index in [9.17, 15) is 9.90 Å². The summed E-state index contributed by atoms with van der Waals surface area (Å²) in [6.07, 6.45) is 4.11. The van der Waals surface area contributed by atoms with Crippen molar-refractivity contribution in [2.45, 2.75) is 19.0 Å². The molecule has 24 heavy (non-hydrogen) atoms. The predicted molar refractivity (Wildman–Crippen MR) is 89.4 cm³/mol.